The zero-order valence-electron chi connectivity index (χ0n) is 13.7. The number of nitriles is 1. The quantitative estimate of drug-likeness (QED) is 0.547. The molecule has 0 aliphatic rings. The number of hydrogen-bond donors (Lipinski definition) is 1. The fourth-order valence-electron chi connectivity index (χ4n) is 2.49. The molecule has 0 unspecified atom stereocenters. The molecule has 0 amide bonds. The van der Waals surface area contributed by atoms with Crippen molar-refractivity contribution < 1.29 is 0 Å². The first-order valence-corrected chi connectivity index (χ1v) is 9.94. The summed E-state index contributed by atoms with van der Waals surface area (Å²) in [6.45, 7) is 0. The Morgan fingerprint density at radius 2 is 1.72 bits per heavy atom. The molecule has 0 aliphatic heterocycles. The third-order valence-corrected chi connectivity index (χ3v) is 5.09. The molecule has 6 heteroatoms. The zero-order valence-corrected chi connectivity index (χ0v) is 15.4. The van der Waals surface area contributed by atoms with Crippen molar-refractivity contribution in [1.29, 1.82) is 5.26 Å². The van der Waals surface area contributed by atoms with Gasteiger partial charge in [0.1, 0.15) is 11.6 Å². The molecule has 3 aromatic rings. The van der Waals surface area contributed by atoms with Crippen molar-refractivity contribution >= 4 is 23.5 Å². The van der Waals surface area contributed by atoms with Gasteiger partial charge in [-0.15, -0.1) is 11.8 Å². The normalized spacial score (nSPS) is 10.4. The van der Waals surface area contributed by atoms with Crippen LogP contribution < -0.4 is 5.56 Å². The molecule has 0 spiro atoms. The average Bonchev–Trinajstić information content (AvgIpc) is 2.67. The SMILES string of the molecule is CSc1ccc(-c2cccc(-c3nc(SC)[nH]c(=O)c3C#N)c2)cc1. The van der Waals surface area contributed by atoms with Gasteiger partial charge in [-0.2, -0.15) is 5.26 Å². The van der Waals surface area contributed by atoms with Gasteiger partial charge in [-0.1, -0.05) is 42.1 Å². The summed E-state index contributed by atoms with van der Waals surface area (Å²) < 4.78 is 0. The van der Waals surface area contributed by atoms with Gasteiger partial charge in [0.05, 0.1) is 5.69 Å². The van der Waals surface area contributed by atoms with E-state index < -0.39 is 5.56 Å². The summed E-state index contributed by atoms with van der Waals surface area (Å²) in [5, 5.41) is 9.84. The minimum Gasteiger partial charge on any atom is -0.300 e. The van der Waals surface area contributed by atoms with Gasteiger partial charge >= 0.3 is 0 Å². The minimum atomic E-state index is -0.411. The fraction of sp³-hybridized carbons (Fsp3) is 0.105. The summed E-state index contributed by atoms with van der Waals surface area (Å²) >= 11 is 3.03. The molecule has 25 heavy (non-hydrogen) atoms. The molecule has 0 bridgehead atoms. The van der Waals surface area contributed by atoms with Crippen molar-refractivity contribution in [1.82, 2.24) is 9.97 Å². The fourth-order valence-corrected chi connectivity index (χ4v) is 3.28. The zero-order chi connectivity index (χ0) is 17.8. The Labute approximate surface area is 154 Å². The first-order valence-electron chi connectivity index (χ1n) is 7.49. The molecule has 124 valence electrons. The lowest BCUT2D eigenvalue weighted by Crippen LogP contribution is -2.14. The van der Waals surface area contributed by atoms with Crippen molar-refractivity contribution in [3.05, 3.63) is 64.4 Å². The summed E-state index contributed by atoms with van der Waals surface area (Å²) in [6.07, 6.45) is 3.87. The lowest BCUT2D eigenvalue weighted by molar-refractivity contribution is 0.938. The number of hydrogen-bond acceptors (Lipinski definition) is 5. The van der Waals surface area contributed by atoms with Gasteiger partial charge < -0.3 is 4.98 Å². The molecule has 0 aliphatic carbocycles. The molecule has 4 nitrogen and oxygen atoms in total. The maximum Gasteiger partial charge on any atom is 0.270 e. The van der Waals surface area contributed by atoms with Crippen molar-refractivity contribution in [2.24, 2.45) is 0 Å². The Balaban J connectivity index is 2.12. The number of nitrogens with one attached hydrogen (secondary N) is 1. The smallest absolute Gasteiger partial charge is 0.270 e. The van der Waals surface area contributed by atoms with E-state index in [0.29, 0.717) is 10.9 Å². The van der Waals surface area contributed by atoms with E-state index in [9.17, 15) is 10.1 Å². The minimum absolute atomic E-state index is 0.0349. The summed E-state index contributed by atoms with van der Waals surface area (Å²) in [7, 11) is 0. The van der Waals surface area contributed by atoms with Crippen LogP contribution in [0.5, 0.6) is 0 Å². The summed E-state index contributed by atoms with van der Waals surface area (Å²) in [6, 6.07) is 18.0. The van der Waals surface area contributed by atoms with E-state index in [4.69, 9.17) is 0 Å². The van der Waals surface area contributed by atoms with Gasteiger partial charge in [0.15, 0.2) is 5.16 Å². The molecule has 0 saturated carbocycles. The van der Waals surface area contributed by atoms with Crippen LogP contribution in [0.1, 0.15) is 5.56 Å². The summed E-state index contributed by atoms with van der Waals surface area (Å²) in [5.41, 5.74) is 2.89. The van der Waals surface area contributed by atoms with E-state index in [1.807, 2.05) is 42.8 Å². The van der Waals surface area contributed by atoms with Crippen LogP contribution in [0.3, 0.4) is 0 Å². The maximum absolute atomic E-state index is 12.1. The van der Waals surface area contributed by atoms with Crippen LogP contribution in [0.2, 0.25) is 0 Å². The second kappa shape index (κ2) is 7.60. The Bertz CT molecular complexity index is 1000. The van der Waals surface area contributed by atoms with Gasteiger partial charge in [-0.3, -0.25) is 4.79 Å². The highest BCUT2D eigenvalue weighted by Gasteiger charge is 2.13. The summed E-state index contributed by atoms with van der Waals surface area (Å²) in [4.78, 5) is 20.4. The molecule has 2 aromatic carbocycles. The Morgan fingerprint density at radius 3 is 2.36 bits per heavy atom. The molecule has 0 saturated heterocycles. The van der Waals surface area contributed by atoms with E-state index in [2.05, 4.69) is 34.2 Å². The number of thioether (sulfide) groups is 2. The number of H-pyrrole nitrogens is 1. The Hall–Kier alpha value is -2.49. The van der Waals surface area contributed by atoms with Gasteiger partial charge in [-0.05, 0) is 41.8 Å². The lowest BCUT2D eigenvalue weighted by atomic mass is 10.0. The third-order valence-electron chi connectivity index (χ3n) is 3.76. The first kappa shape index (κ1) is 17.3. The van der Waals surface area contributed by atoms with E-state index in [1.165, 1.54) is 16.7 Å². The number of rotatable bonds is 4. The second-order valence-corrected chi connectivity index (χ2v) is 6.89. The maximum atomic E-state index is 12.1. The topological polar surface area (TPSA) is 69.5 Å². The molecule has 0 atom stereocenters. The molecule has 0 fully saturated rings. The number of aromatic nitrogens is 2. The Morgan fingerprint density at radius 1 is 1.00 bits per heavy atom. The molecular formula is C19H15N3OS2. The van der Waals surface area contributed by atoms with Crippen LogP contribution >= 0.6 is 23.5 Å². The van der Waals surface area contributed by atoms with Gasteiger partial charge in [-0.25, -0.2) is 4.98 Å². The van der Waals surface area contributed by atoms with Crippen LogP contribution in [0, 0.1) is 11.3 Å². The molecule has 1 aromatic heterocycles. The van der Waals surface area contributed by atoms with Gasteiger partial charge in [0.25, 0.3) is 5.56 Å². The van der Waals surface area contributed by atoms with Crippen LogP contribution in [0.25, 0.3) is 22.4 Å². The molecule has 1 heterocycles. The summed E-state index contributed by atoms with van der Waals surface area (Å²) in [5.74, 6) is 0. The van der Waals surface area contributed by atoms with Crippen LogP contribution in [0.4, 0.5) is 0 Å². The molecule has 0 radical (unpaired) electrons. The van der Waals surface area contributed by atoms with Crippen molar-refractivity contribution in [3.8, 4) is 28.5 Å². The van der Waals surface area contributed by atoms with Crippen LogP contribution in [-0.2, 0) is 0 Å². The first-order chi connectivity index (χ1) is 12.2. The van der Waals surface area contributed by atoms with Gasteiger partial charge in [0.2, 0.25) is 0 Å². The van der Waals surface area contributed by atoms with Crippen LogP contribution in [0.15, 0.2) is 63.4 Å². The molecule has 1 N–H and O–H groups in total. The van der Waals surface area contributed by atoms with Crippen molar-refractivity contribution in [2.45, 2.75) is 10.1 Å². The van der Waals surface area contributed by atoms with E-state index in [0.717, 1.165) is 16.7 Å². The standard InChI is InChI=1S/C19H15N3OS2/c1-24-15-8-6-12(7-9-15)13-4-3-5-14(10-13)17-16(11-20)18(23)22-19(21-17)25-2/h3-10H,1-2H3,(H,21,22,23). The average molecular weight is 365 g/mol. The highest BCUT2D eigenvalue weighted by Crippen LogP contribution is 2.28. The third kappa shape index (κ3) is 3.63. The van der Waals surface area contributed by atoms with Crippen molar-refractivity contribution in [2.75, 3.05) is 12.5 Å². The number of benzene rings is 2. The molecule has 3 rings (SSSR count). The van der Waals surface area contributed by atoms with E-state index in [-0.39, 0.29) is 5.56 Å². The predicted molar refractivity (Wildman–Crippen MR) is 104 cm³/mol. The highest BCUT2D eigenvalue weighted by molar-refractivity contribution is 7.98. The van der Waals surface area contributed by atoms with Gasteiger partial charge in [0, 0.05) is 10.5 Å². The van der Waals surface area contributed by atoms with E-state index >= 15 is 0 Å². The number of nitrogens with zero attached hydrogens (tertiary/aromatic N) is 2. The monoisotopic (exact) mass is 365 g/mol. The highest BCUT2D eigenvalue weighted by atomic mass is 32.2. The number of aromatic amines is 1. The van der Waals surface area contributed by atoms with Crippen LogP contribution in [-0.4, -0.2) is 22.5 Å². The largest absolute Gasteiger partial charge is 0.300 e. The molecular weight excluding hydrogens is 350 g/mol. The van der Waals surface area contributed by atoms with E-state index in [1.54, 1.807) is 11.8 Å². The Kier molecular flexibility index (Phi) is 5.27. The lowest BCUT2D eigenvalue weighted by Gasteiger charge is -2.08. The predicted octanol–water partition coefficient (Wildman–Crippen LogP) is 4.42. The second-order valence-electron chi connectivity index (χ2n) is 5.22. The van der Waals surface area contributed by atoms with Crippen molar-refractivity contribution in [3.63, 3.8) is 0 Å².